The Morgan fingerprint density at radius 2 is 1.63 bits per heavy atom. The lowest BCUT2D eigenvalue weighted by Crippen LogP contribution is -2.47. The summed E-state index contributed by atoms with van der Waals surface area (Å²) in [7, 11) is -1.85. The number of aliphatic carboxylic acids is 1. The standard InChI is InChI=1S/C32H41N3O5S/c1-32(2,3)34-41(39,40)29-15-14-24(23-12-8-9-13-25(23)29)26-19-28(30(36)33-22-17-21(18-22)31(37)38)35(4)27(26)16-20-10-6-5-7-11-20/h8-9,12-15,19-22,34H,5-7,10-11,16-18H2,1-4H3,(H,33,36)(H,37,38). The third-order valence-electron chi connectivity index (χ3n) is 8.52. The Kier molecular flexibility index (Phi) is 8.05. The first kappa shape index (κ1) is 29.3. The Labute approximate surface area is 242 Å². The van der Waals surface area contributed by atoms with E-state index in [1.54, 1.807) is 6.07 Å². The van der Waals surface area contributed by atoms with Gasteiger partial charge in [0.05, 0.1) is 10.8 Å². The highest BCUT2D eigenvalue weighted by Crippen LogP contribution is 2.39. The zero-order valence-electron chi connectivity index (χ0n) is 24.4. The lowest BCUT2D eigenvalue weighted by atomic mass is 9.80. The van der Waals surface area contributed by atoms with Gasteiger partial charge in [-0.15, -0.1) is 0 Å². The van der Waals surface area contributed by atoms with Gasteiger partial charge in [0.25, 0.3) is 5.91 Å². The number of carbonyl (C=O) groups excluding carboxylic acids is 1. The zero-order chi connectivity index (χ0) is 29.5. The number of fused-ring (bicyclic) bond motifs is 1. The van der Waals surface area contributed by atoms with E-state index < -0.39 is 27.4 Å². The van der Waals surface area contributed by atoms with Crippen molar-refractivity contribution in [2.24, 2.45) is 18.9 Å². The summed E-state index contributed by atoms with van der Waals surface area (Å²) in [6.45, 7) is 5.46. The number of hydrogen-bond donors (Lipinski definition) is 3. The fraction of sp³-hybridized carbons (Fsp3) is 0.500. The second kappa shape index (κ2) is 11.2. The molecule has 1 aromatic heterocycles. The van der Waals surface area contributed by atoms with Crippen molar-refractivity contribution in [1.29, 1.82) is 0 Å². The highest BCUT2D eigenvalue weighted by Gasteiger charge is 2.36. The van der Waals surface area contributed by atoms with E-state index in [9.17, 15) is 23.1 Å². The third kappa shape index (κ3) is 6.21. The normalized spacial score (nSPS) is 20.1. The molecule has 2 aromatic carbocycles. The van der Waals surface area contributed by atoms with Gasteiger partial charge in [-0.1, -0.05) is 62.4 Å². The first-order valence-corrected chi connectivity index (χ1v) is 16.1. The molecular weight excluding hydrogens is 538 g/mol. The molecule has 8 nitrogen and oxygen atoms in total. The van der Waals surface area contributed by atoms with Crippen LogP contribution in [0.3, 0.4) is 0 Å². The second-order valence-electron chi connectivity index (χ2n) is 12.8. The Hall–Kier alpha value is -3.17. The first-order valence-electron chi connectivity index (χ1n) is 14.6. The van der Waals surface area contributed by atoms with E-state index in [4.69, 9.17) is 0 Å². The molecule has 41 heavy (non-hydrogen) atoms. The molecule has 0 atom stereocenters. The SMILES string of the molecule is Cn1c(C(=O)NC2CC(C(=O)O)C2)cc(-c2ccc(S(=O)(=O)NC(C)(C)C)c3ccccc23)c1CC1CCCCC1. The molecule has 9 heteroatoms. The van der Waals surface area contributed by atoms with Crippen LogP contribution in [-0.2, 0) is 28.3 Å². The quantitative estimate of drug-likeness (QED) is 0.319. The van der Waals surface area contributed by atoms with Crippen LogP contribution < -0.4 is 10.0 Å². The summed E-state index contributed by atoms with van der Waals surface area (Å²) in [6, 6.07) is 12.8. The second-order valence-corrected chi connectivity index (χ2v) is 14.5. The summed E-state index contributed by atoms with van der Waals surface area (Å²) >= 11 is 0. The van der Waals surface area contributed by atoms with Crippen molar-refractivity contribution in [3.05, 3.63) is 53.9 Å². The topological polar surface area (TPSA) is 118 Å². The van der Waals surface area contributed by atoms with Crippen molar-refractivity contribution in [2.45, 2.75) is 88.6 Å². The Bertz CT molecular complexity index is 1570. The summed E-state index contributed by atoms with van der Waals surface area (Å²) in [6.07, 6.45) is 7.70. The maximum Gasteiger partial charge on any atom is 0.306 e. The van der Waals surface area contributed by atoms with Gasteiger partial charge in [-0.2, -0.15) is 0 Å². The van der Waals surface area contributed by atoms with Gasteiger partial charge in [0.2, 0.25) is 10.0 Å². The van der Waals surface area contributed by atoms with E-state index in [2.05, 4.69) is 10.0 Å². The van der Waals surface area contributed by atoms with Crippen LogP contribution in [0.25, 0.3) is 21.9 Å². The molecule has 0 spiro atoms. The molecule has 0 aliphatic heterocycles. The molecule has 0 unspecified atom stereocenters. The highest BCUT2D eigenvalue weighted by atomic mass is 32.2. The minimum atomic E-state index is -3.77. The summed E-state index contributed by atoms with van der Waals surface area (Å²) < 4.78 is 31.5. The molecule has 3 aromatic rings. The van der Waals surface area contributed by atoms with E-state index in [-0.39, 0.29) is 16.8 Å². The van der Waals surface area contributed by atoms with Crippen molar-refractivity contribution in [1.82, 2.24) is 14.6 Å². The number of hydrogen-bond acceptors (Lipinski definition) is 4. The van der Waals surface area contributed by atoms with Gasteiger partial charge in [-0.25, -0.2) is 13.1 Å². The van der Waals surface area contributed by atoms with Crippen LogP contribution in [0.15, 0.2) is 47.4 Å². The van der Waals surface area contributed by atoms with E-state index in [0.717, 1.165) is 41.5 Å². The molecule has 2 aliphatic rings. The zero-order valence-corrected chi connectivity index (χ0v) is 25.2. The number of nitrogens with zero attached hydrogens (tertiary/aromatic N) is 1. The predicted octanol–water partition coefficient (Wildman–Crippen LogP) is 5.64. The Morgan fingerprint density at radius 3 is 2.27 bits per heavy atom. The number of carbonyl (C=O) groups is 2. The van der Waals surface area contributed by atoms with Gasteiger partial charge in [0.15, 0.2) is 0 Å². The number of rotatable bonds is 8. The number of carboxylic acids is 1. The molecule has 1 amide bonds. The lowest BCUT2D eigenvalue weighted by molar-refractivity contribution is -0.145. The van der Waals surface area contributed by atoms with Gasteiger partial charge >= 0.3 is 5.97 Å². The molecule has 3 N–H and O–H groups in total. The van der Waals surface area contributed by atoms with Gasteiger partial charge in [0, 0.05) is 35.3 Å². The van der Waals surface area contributed by atoms with Crippen LogP contribution >= 0.6 is 0 Å². The Morgan fingerprint density at radius 1 is 0.976 bits per heavy atom. The number of amides is 1. The lowest BCUT2D eigenvalue weighted by Gasteiger charge is -2.32. The average molecular weight is 580 g/mol. The van der Waals surface area contributed by atoms with Crippen molar-refractivity contribution in [2.75, 3.05) is 0 Å². The van der Waals surface area contributed by atoms with Crippen LogP contribution in [0.1, 0.15) is 81.9 Å². The Balaban J connectivity index is 1.57. The van der Waals surface area contributed by atoms with E-state index in [0.29, 0.717) is 29.8 Å². The number of carboxylic acid groups (broad SMARTS) is 1. The van der Waals surface area contributed by atoms with Crippen LogP contribution in [0.2, 0.25) is 0 Å². The summed E-state index contributed by atoms with van der Waals surface area (Å²) in [5.41, 5.74) is 2.79. The van der Waals surface area contributed by atoms with Gasteiger partial charge in [-0.3, -0.25) is 9.59 Å². The number of aromatic nitrogens is 1. The smallest absolute Gasteiger partial charge is 0.306 e. The van der Waals surface area contributed by atoms with Crippen molar-refractivity contribution in [3.63, 3.8) is 0 Å². The molecule has 2 fully saturated rings. The fourth-order valence-electron chi connectivity index (χ4n) is 6.40. The van der Waals surface area contributed by atoms with Crippen molar-refractivity contribution in [3.8, 4) is 11.1 Å². The molecule has 220 valence electrons. The van der Waals surface area contributed by atoms with Crippen LogP contribution in [0.4, 0.5) is 0 Å². The van der Waals surface area contributed by atoms with Crippen molar-refractivity contribution >= 4 is 32.7 Å². The van der Waals surface area contributed by atoms with Crippen LogP contribution in [0.5, 0.6) is 0 Å². The van der Waals surface area contributed by atoms with Crippen LogP contribution in [-0.4, -0.2) is 41.5 Å². The van der Waals surface area contributed by atoms with E-state index >= 15 is 0 Å². The number of nitrogens with one attached hydrogen (secondary N) is 2. The molecule has 2 saturated carbocycles. The molecular formula is C32H41N3O5S. The first-order chi connectivity index (χ1) is 19.3. The molecule has 0 saturated heterocycles. The molecule has 0 radical (unpaired) electrons. The maximum absolute atomic E-state index is 13.4. The molecule has 5 rings (SSSR count). The number of benzene rings is 2. The molecule has 2 aliphatic carbocycles. The van der Waals surface area contributed by atoms with Crippen LogP contribution in [0, 0.1) is 11.8 Å². The summed E-state index contributed by atoms with van der Waals surface area (Å²) in [5.74, 6) is -0.909. The average Bonchev–Trinajstić information content (AvgIpc) is 3.19. The van der Waals surface area contributed by atoms with Gasteiger partial charge < -0.3 is 15.0 Å². The summed E-state index contributed by atoms with van der Waals surface area (Å²) in [5, 5.41) is 13.7. The number of sulfonamides is 1. The van der Waals surface area contributed by atoms with Crippen molar-refractivity contribution < 1.29 is 23.1 Å². The molecule has 1 heterocycles. The monoisotopic (exact) mass is 579 g/mol. The van der Waals surface area contributed by atoms with E-state index in [1.165, 1.54) is 19.3 Å². The van der Waals surface area contributed by atoms with E-state index in [1.807, 2.05) is 68.8 Å². The predicted molar refractivity (Wildman–Crippen MR) is 160 cm³/mol. The van der Waals surface area contributed by atoms with Gasteiger partial charge in [-0.05, 0) is 69.0 Å². The third-order valence-corrected chi connectivity index (χ3v) is 10.3. The largest absolute Gasteiger partial charge is 0.481 e. The maximum atomic E-state index is 13.4. The highest BCUT2D eigenvalue weighted by molar-refractivity contribution is 7.89. The summed E-state index contributed by atoms with van der Waals surface area (Å²) in [4.78, 5) is 24.9. The minimum Gasteiger partial charge on any atom is -0.481 e. The van der Waals surface area contributed by atoms with Gasteiger partial charge in [0.1, 0.15) is 5.69 Å². The minimum absolute atomic E-state index is 0.149. The molecule has 0 bridgehead atoms. The fourth-order valence-corrected chi connectivity index (χ4v) is 8.03.